The standard InChI is InChI=1S/C11H19NOS/c13-11-7-3-1-2-4-8-12(11)9-5-6-10-14/h5-6,14H,1-4,7-10H2. The number of nitrogens with zero attached hydrogens (tertiary/aromatic N) is 1. The van der Waals surface area contributed by atoms with Crippen LogP contribution in [-0.4, -0.2) is 29.6 Å². The minimum absolute atomic E-state index is 0.313. The first-order valence-electron chi connectivity index (χ1n) is 5.38. The fourth-order valence-electron chi connectivity index (χ4n) is 1.68. The van der Waals surface area contributed by atoms with E-state index in [0.29, 0.717) is 5.91 Å². The number of hydrogen-bond acceptors (Lipinski definition) is 2. The summed E-state index contributed by atoms with van der Waals surface area (Å²) in [6.45, 7) is 1.69. The van der Waals surface area contributed by atoms with E-state index in [1.807, 2.05) is 17.1 Å². The zero-order valence-corrected chi connectivity index (χ0v) is 9.51. The van der Waals surface area contributed by atoms with Crippen LogP contribution in [0.1, 0.15) is 32.1 Å². The average molecular weight is 213 g/mol. The molecule has 0 unspecified atom stereocenters. The smallest absolute Gasteiger partial charge is 0.222 e. The van der Waals surface area contributed by atoms with Gasteiger partial charge in [-0.2, -0.15) is 12.6 Å². The van der Waals surface area contributed by atoms with Crippen LogP contribution in [0.5, 0.6) is 0 Å². The zero-order chi connectivity index (χ0) is 10.2. The number of carbonyl (C=O) groups excluding carboxylic acids is 1. The number of rotatable bonds is 3. The summed E-state index contributed by atoms with van der Waals surface area (Å²) in [4.78, 5) is 13.6. The number of hydrogen-bond donors (Lipinski definition) is 1. The molecule has 1 fully saturated rings. The van der Waals surface area contributed by atoms with Gasteiger partial charge in [-0.15, -0.1) is 0 Å². The predicted molar refractivity (Wildman–Crippen MR) is 62.7 cm³/mol. The molecule has 0 aliphatic carbocycles. The van der Waals surface area contributed by atoms with Gasteiger partial charge in [0.15, 0.2) is 0 Å². The van der Waals surface area contributed by atoms with E-state index in [1.165, 1.54) is 12.8 Å². The Labute approximate surface area is 91.8 Å². The molecular formula is C11H19NOS. The van der Waals surface area contributed by atoms with Crippen molar-refractivity contribution in [1.29, 1.82) is 0 Å². The van der Waals surface area contributed by atoms with E-state index in [4.69, 9.17) is 0 Å². The Bertz CT molecular complexity index is 203. The fourth-order valence-corrected chi connectivity index (χ4v) is 1.83. The van der Waals surface area contributed by atoms with Crippen LogP contribution in [0, 0.1) is 0 Å². The molecule has 1 aliphatic rings. The van der Waals surface area contributed by atoms with Crippen molar-refractivity contribution in [2.24, 2.45) is 0 Å². The van der Waals surface area contributed by atoms with Crippen LogP contribution < -0.4 is 0 Å². The molecule has 1 aliphatic heterocycles. The van der Waals surface area contributed by atoms with Gasteiger partial charge in [0.2, 0.25) is 5.91 Å². The highest BCUT2D eigenvalue weighted by Crippen LogP contribution is 2.11. The first kappa shape index (κ1) is 11.6. The van der Waals surface area contributed by atoms with E-state index in [9.17, 15) is 4.79 Å². The van der Waals surface area contributed by atoms with E-state index in [2.05, 4.69) is 12.6 Å². The Balaban J connectivity index is 2.37. The van der Waals surface area contributed by atoms with Crippen molar-refractivity contribution >= 4 is 18.5 Å². The van der Waals surface area contributed by atoms with Crippen molar-refractivity contribution in [3.8, 4) is 0 Å². The summed E-state index contributed by atoms with van der Waals surface area (Å²) in [6, 6.07) is 0. The molecule has 0 aromatic carbocycles. The molecule has 1 amide bonds. The topological polar surface area (TPSA) is 20.3 Å². The fraction of sp³-hybridized carbons (Fsp3) is 0.727. The highest BCUT2D eigenvalue weighted by atomic mass is 32.1. The monoisotopic (exact) mass is 213 g/mol. The lowest BCUT2D eigenvalue weighted by atomic mass is 10.1. The summed E-state index contributed by atoms with van der Waals surface area (Å²) >= 11 is 4.09. The van der Waals surface area contributed by atoms with Gasteiger partial charge in [0, 0.05) is 25.3 Å². The van der Waals surface area contributed by atoms with Crippen LogP contribution in [0.2, 0.25) is 0 Å². The molecule has 1 heterocycles. The van der Waals surface area contributed by atoms with Crippen LogP contribution in [0.25, 0.3) is 0 Å². The van der Waals surface area contributed by atoms with E-state index >= 15 is 0 Å². The summed E-state index contributed by atoms with van der Waals surface area (Å²) < 4.78 is 0. The summed E-state index contributed by atoms with van der Waals surface area (Å²) in [6.07, 6.45) is 9.45. The Hall–Kier alpha value is -0.440. The molecule has 1 rings (SSSR count). The Morgan fingerprint density at radius 1 is 1.21 bits per heavy atom. The molecule has 0 aromatic heterocycles. The van der Waals surface area contributed by atoms with E-state index in [1.54, 1.807) is 0 Å². The van der Waals surface area contributed by atoms with Gasteiger partial charge < -0.3 is 4.90 Å². The van der Waals surface area contributed by atoms with Gasteiger partial charge in [0.25, 0.3) is 0 Å². The lowest BCUT2D eigenvalue weighted by molar-refractivity contribution is -0.131. The zero-order valence-electron chi connectivity index (χ0n) is 8.61. The predicted octanol–water partition coefficient (Wildman–Crippen LogP) is 2.27. The van der Waals surface area contributed by atoms with E-state index < -0.39 is 0 Å². The van der Waals surface area contributed by atoms with Crippen molar-refractivity contribution in [2.45, 2.75) is 32.1 Å². The van der Waals surface area contributed by atoms with Crippen LogP contribution in [0.15, 0.2) is 12.2 Å². The third-order valence-corrected chi connectivity index (χ3v) is 2.73. The summed E-state index contributed by atoms with van der Waals surface area (Å²) in [5.74, 6) is 1.07. The molecular weight excluding hydrogens is 194 g/mol. The summed E-state index contributed by atoms with van der Waals surface area (Å²) in [5, 5.41) is 0. The molecule has 3 heteroatoms. The molecule has 80 valence electrons. The molecule has 0 spiro atoms. The van der Waals surface area contributed by atoms with Crippen molar-refractivity contribution in [2.75, 3.05) is 18.8 Å². The quantitative estimate of drug-likeness (QED) is 0.563. The van der Waals surface area contributed by atoms with Crippen LogP contribution in [-0.2, 0) is 4.79 Å². The molecule has 0 radical (unpaired) electrons. The normalized spacial score (nSPS) is 19.8. The minimum Gasteiger partial charge on any atom is -0.339 e. The lowest BCUT2D eigenvalue weighted by Crippen LogP contribution is -2.32. The molecule has 0 saturated carbocycles. The van der Waals surface area contributed by atoms with E-state index in [-0.39, 0.29) is 0 Å². The lowest BCUT2D eigenvalue weighted by Gasteiger charge is -2.23. The van der Waals surface area contributed by atoms with Crippen molar-refractivity contribution in [3.05, 3.63) is 12.2 Å². The van der Waals surface area contributed by atoms with Gasteiger partial charge in [-0.05, 0) is 12.8 Å². The third-order valence-electron chi connectivity index (χ3n) is 2.52. The van der Waals surface area contributed by atoms with Gasteiger partial charge in [-0.3, -0.25) is 4.79 Å². The molecule has 0 aromatic rings. The summed E-state index contributed by atoms with van der Waals surface area (Å²) in [7, 11) is 0. The minimum atomic E-state index is 0.313. The van der Waals surface area contributed by atoms with Crippen LogP contribution in [0.3, 0.4) is 0 Å². The first-order valence-corrected chi connectivity index (χ1v) is 6.01. The Kier molecular flexibility index (Phi) is 5.76. The molecule has 14 heavy (non-hydrogen) atoms. The summed E-state index contributed by atoms with van der Waals surface area (Å²) in [5.41, 5.74) is 0. The second kappa shape index (κ2) is 6.93. The van der Waals surface area contributed by atoms with Crippen molar-refractivity contribution < 1.29 is 4.79 Å². The van der Waals surface area contributed by atoms with Gasteiger partial charge in [-0.25, -0.2) is 0 Å². The van der Waals surface area contributed by atoms with Gasteiger partial charge in [-0.1, -0.05) is 25.0 Å². The average Bonchev–Trinajstić information content (AvgIpc) is 2.17. The highest BCUT2D eigenvalue weighted by molar-refractivity contribution is 7.80. The second-order valence-electron chi connectivity index (χ2n) is 3.66. The third kappa shape index (κ3) is 4.18. The van der Waals surface area contributed by atoms with E-state index in [0.717, 1.165) is 38.1 Å². The van der Waals surface area contributed by atoms with Crippen molar-refractivity contribution in [3.63, 3.8) is 0 Å². The Morgan fingerprint density at radius 3 is 2.79 bits per heavy atom. The van der Waals surface area contributed by atoms with Gasteiger partial charge in [0.05, 0.1) is 0 Å². The number of thiol groups is 1. The highest BCUT2D eigenvalue weighted by Gasteiger charge is 2.13. The first-order chi connectivity index (χ1) is 6.84. The second-order valence-corrected chi connectivity index (χ2v) is 4.02. The largest absolute Gasteiger partial charge is 0.339 e. The van der Waals surface area contributed by atoms with Gasteiger partial charge >= 0.3 is 0 Å². The number of amides is 1. The Morgan fingerprint density at radius 2 is 2.00 bits per heavy atom. The van der Waals surface area contributed by atoms with Gasteiger partial charge in [0.1, 0.15) is 0 Å². The molecule has 2 nitrogen and oxygen atoms in total. The van der Waals surface area contributed by atoms with Crippen LogP contribution >= 0.6 is 12.6 Å². The molecule has 0 N–H and O–H groups in total. The van der Waals surface area contributed by atoms with Crippen molar-refractivity contribution in [1.82, 2.24) is 4.90 Å². The maximum Gasteiger partial charge on any atom is 0.222 e. The maximum atomic E-state index is 11.6. The molecule has 1 saturated heterocycles. The number of likely N-dealkylation sites (tertiary alicyclic amines) is 1. The number of carbonyl (C=O) groups is 1. The maximum absolute atomic E-state index is 11.6. The molecule has 0 bridgehead atoms. The SMILES string of the molecule is O=C1CCCCCCN1CC=CCS. The van der Waals surface area contributed by atoms with Crippen LogP contribution in [0.4, 0.5) is 0 Å². The molecule has 0 atom stereocenters.